The number of esters is 1. The van der Waals surface area contributed by atoms with E-state index in [1.807, 2.05) is 6.07 Å². The summed E-state index contributed by atoms with van der Waals surface area (Å²) < 4.78 is 12.5. The second-order valence-corrected chi connectivity index (χ2v) is 10.5. The Kier molecular flexibility index (Phi) is 3.07. The zero-order valence-electron chi connectivity index (χ0n) is 17.0. The Labute approximate surface area is 175 Å². The van der Waals surface area contributed by atoms with Crippen LogP contribution in [0, 0.1) is 5.92 Å². The van der Waals surface area contributed by atoms with E-state index in [1.54, 1.807) is 6.07 Å². The van der Waals surface area contributed by atoms with Gasteiger partial charge in [-0.1, -0.05) is 12.6 Å². The van der Waals surface area contributed by atoms with Crippen LogP contribution in [0.1, 0.15) is 49.7 Å². The number of carbonyl (C=O) groups excluding carboxylic acids is 1. The Bertz CT molecular complexity index is 999. The Morgan fingerprint density at radius 1 is 1.23 bits per heavy atom. The molecule has 2 bridgehead atoms. The average molecular weight is 409 g/mol. The number of aliphatic hydroxyl groups is 1. The Morgan fingerprint density at radius 2 is 2.07 bits per heavy atom. The number of hydrogen-bond acceptors (Lipinski definition) is 6. The van der Waals surface area contributed by atoms with E-state index in [0.29, 0.717) is 30.6 Å². The van der Waals surface area contributed by atoms with Crippen molar-refractivity contribution >= 4 is 5.97 Å². The van der Waals surface area contributed by atoms with Gasteiger partial charge in [-0.05, 0) is 62.6 Å². The van der Waals surface area contributed by atoms with E-state index in [1.165, 1.54) is 12.8 Å². The highest BCUT2D eigenvalue weighted by atomic mass is 16.6. The summed E-state index contributed by atoms with van der Waals surface area (Å²) in [4.78, 5) is 14.9. The molecular weight excluding hydrogens is 382 g/mol. The molecule has 1 aromatic rings. The summed E-state index contributed by atoms with van der Waals surface area (Å²) in [5, 5.41) is 23.1. The number of fused-ring (bicyclic) bond motifs is 1. The smallest absolute Gasteiger partial charge is 0.334 e. The molecule has 3 heterocycles. The van der Waals surface area contributed by atoms with Gasteiger partial charge in [-0.3, -0.25) is 4.90 Å². The summed E-state index contributed by atoms with van der Waals surface area (Å²) in [6, 6.07) is 3.73. The highest BCUT2D eigenvalue weighted by Gasteiger charge is 2.77. The molecule has 7 rings (SSSR count). The lowest BCUT2D eigenvalue weighted by Crippen LogP contribution is -2.79. The van der Waals surface area contributed by atoms with E-state index in [-0.39, 0.29) is 17.8 Å². The van der Waals surface area contributed by atoms with Crippen molar-refractivity contribution in [2.75, 3.05) is 13.1 Å². The van der Waals surface area contributed by atoms with Crippen LogP contribution in [-0.2, 0) is 21.4 Å². The molecule has 5 atom stereocenters. The molecule has 30 heavy (non-hydrogen) atoms. The predicted octanol–water partition coefficient (Wildman–Crippen LogP) is 2.20. The lowest BCUT2D eigenvalue weighted by Gasteiger charge is -2.65. The number of aromatic hydroxyl groups is 1. The predicted molar refractivity (Wildman–Crippen MR) is 107 cm³/mol. The van der Waals surface area contributed by atoms with Gasteiger partial charge in [0.05, 0.1) is 11.0 Å². The van der Waals surface area contributed by atoms with Crippen LogP contribution in [-0.4, -0.2) is 57.5 Å². The molecule has 0 radical (unpaired) electrons. The second-order valence-electron chi connectivity index (χ2n) is 10.5. The lowest BCUT2D eigenvalue weighted by molar-refractivity contribution is -0.236. The van der Waals surface area contributed by atoms with Crippen LogP contribution in [0.5, 0.6) is 11.5 Å². The monoisotopic (exact) mass is 409 g/mol. The van der Waals surface area contributed by atoms with Gasteiger partial charge in [0, 0.05) is 30.1 Å². The number of benzene rings is 1. The zero-order chi connectivity index (χ0) is 20.5. The molecule has 6 heteroatoms. The molecule has 158 valence electrons. The topological polar surface area (TPSA) is 79.2 Å². The minimum atomic E-state index is -0.960. The van der Waals surface area contributed by atoms with Crippen LogP contribution in [0.2, 0.25) is 0 Å². The van der Waals surface area contributed by atoms with Gasteiger partial charge in [-0.2, -0.15) is 0 Å². The zero-order valence-corrected chi connectivity index (χ0v) is 17.0. The Morgan fingerprint density at radius 3 is 2.80 bits per heavy atom. The first kappa shape index (κ1) is 17.6. The largest absolute Gasteiger partial charge is 0.504 e. The van der Waals surface area contributed by atoms with Crippen LogP contribution in [0.25, 0.3) is 0 Å². The fraction of sp³-hybridized carbons (Fsp3) is 0.625. The number of carbonyl (C=O) groups is 1. The summed E-state index contributed by atoms with van der Waals surface area (Å²) >= 11 is 0. The molecule has 3 aliphatic heterocycles. The van der Waals surface area contributed by atoms with Crippen LogP contribution < -0.4 is 4.74 Å². The van der Waals surface area contributed by atoms with Gasteiger partial charge in [0.25, 0.3) is 0 Å². The Balaban J connectivity index is 1.44. The molecule has 2 spiro atoms. The van der Waals surface area contributed by atoms with Crippen molar-refractivity contribution in [1.82, 2.24) is 4.90 Å². The summed E-state index contributed by atoms with van der Waals surface area (Å²) in [5.74, 6) is 0.986. The van der Waals surface area contributed by atoms with Crippen LogP contribution in [0.15, 0.2) is 24.3 Å². The van der Waals surface area contributed by atoms with Crippen molar-refractivity contribution < 1.29 is 24.5 Å². The fourth-order valence-corrected chi connectivity index (χ4v) is 7.58. The van der Waals surface area contributed by atoms with Crippen molar-refractivity contribution in [3.8, 4) is 11.5 Å². The SMILES string of the molecule is C=C1CC2(CCC3(O)[C@H]4Cc5ccc(O)c6c5[C@@]3(CCN4CC3CC3)C2O6)OC1=O. The first-order chi connectivity index (χ1) is 14.4. The standard InChI is InChI=1S/C24H27NO5/c1-13-11-22(30-20(13)27)6-7-24(28)17-10-15-4-5-16(26)19-18(15)23(24,21(22)29-19)8-9-25(17)12-14-2-3-14/h4-5,14,17,21,26,28H,1-3,6-12H2/t17-,21?,22?,23+,24?/m1/s1. The van der Waals surface area contributed by atoms with E-state index >= 15 is 0 Å². The normalized spacial score (nSPS) is 43.5. The number of piperidine rings is 1. The molecule has 6 nitrogen and oxygen atoms in total. The molecule has 6 aliphatic rings. The van der Waals surface area contributed by atoms with Crippen LogP contribution in [0.4, 0.5) is 0 Å². The summed E-state index contributed by atoms with van der Waals surface area (Å²) in [6.45, 7) is 5.85. The molecule has 3 aliphatic carbocycles. The van der Waals surface area contributed by atoms with Crippen molar-refractivity contribution in [2.45, 2.75) is 73.7 Å². The first-order valence-electron chi connectivity index (χ1n) is 11.3. The molecule has 0 aromatic heterocycles. The number of likely N-dealkylation sites (tertiary alicyclic amines) is 1. The minimum Gasteiger partial charge on any atom is -0.504 e. The van der Waals surface area contributed by atoms with E-state index in [2.05, 4.69) is 11.5 Å². The summed E-state index contributed by atoms with van der Waals surface area (Å²) in [5.41, 5.74) is 0.148. The molecule has 2 saturated heterocycles. The van der Waals surface area contributed by atoms with E-state index in [4.69, 9.17) is 9.47 Å². The lowest BCUT2D eigenvalue weighted by atomic mass is 9.46. The van der Waals surface area contributed by atoms with Crippen molar-refractivity contribution in [3.63, 3.8) is 0 Å². The third-order valence-corrected chi connectivity index (χ3v) is 9.02. The molecule has 0 amide bonds. The van der Waals surface area contributed by atoms with E-state index in [9.17, 15) is 15.0 Å². The maximum atomic E-state index is 12.4. The summed E-state index contributed by atoms with van der Waals surface area (Å²) in [6.07, 6.45) is 5.12. The molecule has 1 aromatic carbocycles. The highest BCUT2D eigenvalue weighted by Crippen LogP contribution is 2.68. The number of hydrogen-bond donors (Lipinski definition) is 2. The number of phenols is 1. The third-order valence-electron chi connectivity index (χ3n) is 9.02. The molecule has 2 N–H and O–H groups in total. The average Bonchev–Trinajstić information content (AvgIpc) is 3.37. The van der Waals surface area contributed by atoms with Crippen molar-refractivity contribution in [1.29, 1.82) is 0 Å². The minimum absolute atomic E-state index is 0.0265. The van der Waals surface area contributed by atoms with Gasteiger partial charge in [0.15, 0.2) is 23.2 Å². The summed E-state index contributed by atoms with van der Waals surface area (Å²) in [7, 11) is 0. The van der Waals surface area contributed by atoms with Gasteiger partial charge in [-0.25, -0.2) is 4.79 Å². The van der Waals surface area contributed by atoms with Gasteiger partial charge in [0.1, 0.15) is 0 Å². The van der Waals surface area contributed by atoms with Crippen LogP contribution >= 0.6 is 0 Å². The maximum absolute atomic E-state index is 12.4. The van der Waals surface area contributed by atoms with Gasteiger partial charge in [-0.15, -0.1) is 0 Å². The number of ether oxygens (including phenoxy) is 2. The van der Waals surface area contributed by atoms with Gasteiger partial charge in [0.2, 0.25) is 0 Å². The van der Waals surface area contributed by atoms with Crippen molar-refractivity contribution in [2.24, 2.45) is 5.92 Å². The number of nitrogens with zero attached hydrogens (tertiary/aromatic N) is 1. The number of rotatable bonds is 2. The quantitative estimate of drug-likeness (QED) is 0.576. The van der Waals surface area contributed by atoms with E-state index in [0.717, 1.165) is 43.0 Å². The first-order valence-corrected chi connectivity index (χ1v) is 11.3. The fourth-order valence-electron chi connectivity index (χ4n) is 7.58. The molecule has 3 unspecified atom stereocenters. The maximum Gasteiger partial charge on any atom is 0.334 e. The molecule has 4 fully saturated rings. The van der Waals surface area contributed by atoms with Gasteiger partial charge >= 0.3 is 5.97 Å². The third kappa shape index (κ3) is 1.83. The Hall–Kier alpha value is -2.05. The second kappa shape index (κ2) is 5.22. The van der Waals surface area contributed by atoms with Gasteiger partial charge < -0.3 is 19.7 Å². The highest BCUT2D eigenvalue weighted by molar-refractivity contribution is 5.91. The van der Waals surface area contributed by atoms with Crippen molar-refractivity contribution in [3.05, 3.63) is 35.4 Å². The number of phenolic OH excluding ortho intramolecular Hbond substituents is 1. The van der Waals surface area contributed by atoms with E-state index < -0.39 is 22.7 Å². The molecule has 2 saturated carbocycles. The molecular formula is C24H27NO5. The van der Waals surface area contributed by atoms with Crippen LogP contribution in [0.3, 0.4) is 0 Å².